The summed E-state index contributed by atoms with van der Waals surface area (Å²) in [7, 11) is 0. The van der Waals surface area contributed by atoms with Gasteiger partial charge in [0, 0.05) is 31.0 Å². The molecule has 0 radical (unpaired) electrons. The highest BCUT2D eigenvalue weighted by molar-refractivity contribution is 5.26. The van der Waals surface area contributed by atoms with Gasteiger partial charge in [-0.2, -0.15) is 0 Å². The van der Waals surface area contributed by atoms with Crippen LogP contribution in [0.25, 0.3) is 0 Å². The molecule has 92 valence electrons. The summed E-state index contributed by atoms with van der Waals surface area (Å²) in [5.41, 5.74) is 1.11. The summed E-state index contributed by atoms with van der Waals surface area (Å²) in [5, 5.41) is 3.47. The molecule has 1 N–H and O–H groups in total. The Balaban J connectivity index is 1.60. The highest BCUT2D eigenvalue weighted by Crippen LogP contribution is 2.27. The van der Waals surface area contributed by atoms with Crippen molar-refractivity contribution in [1.29, 1.82) is 0 Å². The van der Waals surface area contributed by atoms with Crippen LogP contribution in [-0.4, -0.2) is 40.0 Å². The number of hydrogen-bond acceptors (Lipinski definition) is 4. The Hall–Kier alpha value is -1.16. The van der Waals surface area contributed by atoms with Crippen LogP contribution in [0.4, 0.5) is 5.95 Å². The number of nitrogens with one attached hydrogen (secondary N) is 1. The lowest BCUT2D eigenvalue weighted by atomic mass is 9.98. The predicted octanol–water partition coefficient (Wildman–Crippen LogP) is 1.82. The van der Waals surface area contributed by atoms with Gasteiger partial charge in [0.15, 0.2) is 0 Å². The van der Waals surface area contributed by atoms with Crippen molar-refractivity contribution < 1.29 is 0 Å². The maximum Gasteiger partial charge on any atom is 0.222 e. The molecule has 2 aliphatic rings. The van der Waals surface area contributed by atoms with Crippen LogP contribution in [0, 0.1) is 6.92 Å². The first-order valence-corrected chi connectivity index (χ1v) is 6.60. The molecule has 1 aromatic rings. The predicted molar refractivity (Wildman–Crippen MR) is 68.0 cm³/mol. The Morgan fingerprint density at radius 3 is 2.88 bits per heavy atom. The van der Waals surface area contributed by atoms with Gasteiger partial charge in [0.25, 0.3) is 0 Å². The SMILES string of the molecule is Cc1cnc(NC2CCN3CCCC3C2)nc1. The molecule has 0 amide bonds. The zero-order chi connectivity index (χ0) is 11.7. The van der Waals surface area contributed by atoms with E-state index in [1.165, 1.54) is 38.8 Å². The molecule has 0 bridgehead atoms. The van der Waals surface area contributed by atoms with Gasteiger partial charge in [-0.05, 0) is 44.7 Å². The lowest BCUT2D eigenvalue weighted by molar-refractivity contribution is 0.188. The second-order valence-corrected chi connectivity index (χ2v) is 5.28. The summed E-state index contributed by atoms with van der Waals surface area (Å²) in [6.07, 6.45) is 8.95. The van der Waals surface area contributed by atoms with Crippen molar-refractivity contribution in [1.82, 2.24) is 14.9 Å². The molecule has 2 fully saturated rings. The summed E-state index contributed by atoms with van der Waals surface area (Å²) in [4.78, 5) is 11.3. The number of anilines is 1. The molecule has 3 rings (SSSR count). The van der Waals surface area contributed by atoms with Crippen LogP contribution in [0.1, 0.15) is 31.2 Å². The highest BCUT2D eigenvalue weighted by Gasteiger charge is 2.31. The number of piperidine rings is 1. The summed E-state index contributed by atoms with van der Waals surface area (Å²) in [6.45, 7) is 4.55. The van der Waals surface area contributed by atoms with E-state index in [4.69, 9.17) is 0 Å². The Morgan fingerprint density at radius 1 is 1.24 bits per heavy atom. The van der Waals surface area contributed by atoms with Gasteiger partial charge < -0.3 is 10.2 Å². The van der Waals surface area contributed by atoms with Gasteiger partial charge in [-0.1, -0.05) is 0 Å². The van der Waals surface area contributed by atoms with Crippen molar-refractivity contribution in [3.05, 3.63) is 18.0 Å². The fraction of sp³-hybridized carbons (Fsp3) is 0.692. The molecule has 2 aliphatic heterocycles. The monoisotopic (exact) mass is 232 g/mol. The van der Waals surface area contributed by atoms with Crippen LogP contribution in [-0.2, 0) is 0 Å². The molecular formula is C13H20N4. The molecule has 0 saturated carbocycles. The fourth-order valence-electron chi connectivity index (χ4n) is 3.01. The van der Waals surface area contributed by atoms with Gasteiger partial charge in [0.1, 0.15) is 0 Å². The van der Waals surface area contributed by atoms with Crippen LogP contribution in [0.2, 0.25) is 0 Å². The average molecular weight is 232 g/mol. The molecular weight excluding hydrogens is 212 g/mol. The summed E-state index contributed by atoms with van der Waals surface area (Å²) < 4.78 is 0. The summed E-state index contributed by atoms with van der Waals surface area (Å²) in [5.74, 6) is 0.784. The van der Waals surface area contributed by atoms with Crippen molar-refractivity contribution in [3.63, 3.8) is 0 Å². The minimum Gasteiger partial charge on any atom is -0.351 e. The first-order valence-electron chi connectivity index (χ1n) is 6.60. The number of fused-ring (bicyclic) bond motifs is 1. The maximum atomic E-state index is 4.32. The van der Waals surface area contributed by atoms with E-state index in [0.29, 0.717) is 6.04 Å². The number of rotatable bonds is 2. The second kappa shape index (κ2) is 4.61. The molecule has 2 saturated heterocycles. The van der Waals surface area contributed by atoms with Crippen LogP contribution >= 0.6 is 0 Å². The highest BCUT2D eigenvalue weighted by atomic mass is 15.2. The third kappa shape index (κ3) is 2.41. The van der Waals surface area contributed by atoms with Crippen LogP contribution in [0.3, 0.4) is 0 Å². The normalized spacial score (nSPS) is 29.0. The van der Waals surface area contributed by atoms with Gasteiger partial charge in [0.2, 0.25) is 5.95 Å². The maximum absolute atomic E-state index is 4.32. The standard InChI is InChI=1S/C13H20N4/c1-10-8-14-13(15-9-10)16-11-4-6-17-5-2-3-12(17)7-11/h8-9,11-12H,2-7H2,1H3,(H,14,15,16). The Morgan fingerprint density at radius 2 is 2.06 bits per heavy atom. The zero-order valence-electron chi connectivity index (χ0n) is 10.4. The van der Waals surface area contributed by atoms with E-state index < -0.39 is 0 Å². The van der Waals surface area contributed by atoms with Crippen molar-refractivity contribution in [2.45, 2.75) is 44.7 Å². The number of nitrogens with zero attached hydrogens (tertiary/aromatic N) is 3. The van der Waals surface area contributed by atoms with Gasteiger partial charge >= 0.3 is 0 Å². The van der Waals surface area contributed by atoms with E-state index >= 15 is 0 Å². The molecule has 0 aromatic carbocycles. The Bertz CT molecular complexity index is 376. The number of aryl methyl sites for hydroxylation is 1. The summed E-state index contributed by atoms with van der Waals surface area (Å²) in [6, 6.07) is 1.35. The lowest BCUT2D eigenvalue weighted by Gasteiger charge is -2.35. The molecule has 4 heteroatoms. The number of aromatic nitrogens is 2. The molecule has 2 unspecified atom stereocenters. The first-order chi connectivity index (χ1) is 8.31. The van der Waals surface area contributed by atoms with E-state index in [0.717, 1.165) is 17.6 Å². The topological polar surface area (TPSA) is 41.1 Å². The molecule has 0 aliphatic carbocycles. The van der Waals surface area contributed by atoms with Gasteiger partial charge in [-0.15, -0.1) is 0 Å². The average Bonchev–Trinajstić information content (AvgIpc) is 2.79. The fourth-order valence-corrected chi connectivity index (χ4v) is 3.01. The van der Waals surface area contributed by atoms with Crippen molar-refractivity contribution >= 4 is 5.95 Å². The lowest BCUT2D eigenvalue weighted by Crippen LogP contribution is -2.42. The van der Waals surface area contributed by atoms with Crippen molar-refractivity contribution in [2.24, 2.45) is 0 Å². The van der Waals surface area contributed by atoms with Crippen molar-refractivity contribution in [3.8, 4) is 0 Å². The van der Waals surface area contributed by atoms with Gasteiger partial charge in [0.05, 0.1) is 0 Å². The quantitative estimate of drug-likeness (QED) is 0.844. The Kier molecular flexibility index (Phi) is 2.97. The summed E-state index contributed by atoms with van der Waals surface area (Å²) >= 11 is 0. The third-order valence-corrected chi connectivity index (χ3v) is 3.93. The van der Waals surface area contributed by atoms with Crippen LogP contribution in [0.15, 0.2) is 12.4 Å². The minimum atomic E-state index is 0.553. The third-order valence-electron chi connectivity index (χ3n) is 3.93. The van der Waals surface area contributed by atoms with E-state index in [1.54, 1.807) is 0 Å². The molecule has 2 atom stereocenters. The van der Waals surface area contributed by atoms with Gasteiger partial charge in [-0.25, -0.2) is 9.97 Å². The van der Waals surface area contributed by atoms with E-state index in [1.807, 2.05) is 19.3 Å². The van der Waals surface area contributed by atoms with Crippen molar-refractivity contribution in [2.75, 3.05) is 18.4 Å². The molecule has 4 nitrogen and oxygen atoms in total. The number of hydrogen-bond donors (Lipinski definition) is 1. The molecule has 17 heavy (non-hydrogen) atoms. The smallest absolute Gasteiger partial charge is 0.222 e. The largest absolute Gasteiger partial charge is 0.351 e. The first kappa shape index (κ1) is 11.0. The van der Waals surface area contributed by atoms with Crippen LogP contribution in [0.5, 0.6) is 0 Å². The zero-order valence-corrected chi connectivity index (χ0v) is 10.4. The second-order valence-electron chi connectivity index (χ2n) is 5.28. The Labute approximate surface area is 102 Å². The van der Waals surface area contributed by atoms with Crippen LogP contribution < -0.4 is 5.32 Å². The van der Waals surface area contributed by atoms with E-state index in [2.05, 4.69) is 20.2 Å². The van der Waals surface area contributed by atoms with E-state index in [9.17, 15) is 0 Å². The molecule has 0 spiro atoms. The van der Waals surface area contributed by atoms with E-state index in [-0.39, 0.29) is 0 Å². The molecule has 1 aromatic heterocycles. The van der Waals surface area contributed by atoms with Gasteiger partial charge in [-0.3, -0.25) is 0 Å². The minimum absolute atomic E-state index is 0.553. The molecule has 3 heterocycles.